The minimum Gasteiger partial charge on any atom is -0.462 e. The summed E-state index contributed by atoms with van der Waals surface area (Å²) in [6, 6.07) is 11.2. The van der Waals surface area contributed by atoms with Crippen molar-refractivity contribution in [3.05, 3.63) is 66.1 Å². The highest BCUT2D eigenvalue weighted by Crippen LogP contribution is 2.21. The van der Waals surface area contributed by atoms with Gasteiger partial charge in [0, 0.05) is 56.0 Å². The van der Waals surface area contributed by atoms with Gasteiger partial charge in [-0.15, -0.1) is 0 Å². The number of carbonyl (C=O) groups is 2. The SMILES string of the molecule is CCOC(=O)c1ccc(N2CCCN(C(=O)c3cccc(-n4ccnc4SC)c3)CC2)nc1. The van der Waals surface area contributed by atoms with Gasteiger partial charge in [-0.1, -0.05) is 17.8 Å². The number of ether oxygens (including phenoxy) is 1. The zero-order valence-electron chi connectivity index (χ0n) is 18.8. The van der Waals surface area contributed by atoms with E-state index in [4.69, 9.17) is 4.74 Å². The van der Waals surface area contributed by atoms with Crippen LogP contribution >= 0.6 is 11.8 Å². The summed E-state index contributed by atoms with van der Waals surface area (Å²) in [5, 5.41) is 0.881. The fraction of sp³-hybridized carbons (Fsp3) is 0.333. The molecule has 9 heteroatoms. The summed E-state index contributed by atoms with van der Waals surface area (Å²) >= 11 is 1.56. The van der Waals surface area contributed by atoms with Crippen LogP contribution in [0.1, 0.15) is 34.1 Å². The van der Waals surface area contributed by atoms with Gasteiger partial charge in [0.1, 0.15) is 5.82 Å². The molecule has 0 N–H and O–H groups in total. The van der Waals surface area contributed by atoms with Crippen LogP contribution in [0.25, 0.3) is 5.69 Å². The molecule has 1 aromatic carbocycles. The van der Waals surface area contributed by atoms with Crippen LogP contribution < -0.4 is 4.90 Å². The molecule has 0 spiro atoms. The van der Waals surface area contributed by atoms with E-state index in [0.29, 0.717) is 37.4 Å². The topological polar surface area (TPSA) is 80.6 Å². The fourth-order valence-electron chi connectivity index (χ4n) is 3.87. The Morgan fingerprint density at radius 1 is 1.06 bits per heavy atom. The maximum Gasteiger partial charge on any atom is 0.339 e. The normalized spacial score (nSPS) is 14.1. The van der Waals surface area contributed by atoms with Crippen LogP contribution in [0.3, 0.4) is 0 Å². The van der Waals surface area contributed by atoms with Gasteiger partial charge >= 0.3 is 5.97 Å². The maximum atomic E-state index is 13.3. The number of amides is 1. The van der Waals surface area contributed by atoms with Crippen LogP contribution in [0.15, 0.2) is 60.1 Å². The van der Waals surface area contributed by atoms with E-state index < -0.39 is 0 Å². The number of benzene rings is 1. The Balaban J connectivity index is 1.43. The Hall–Kier alpha value is -3.33. The number of carbonyl (C=O) groups excluding carboxylic acids is 2. The molecule has 3 heterocycles. The molecule has 1 fully saturated rings. The third-order valence-electron chi connectivity index (χ3n) is 5.53. The number of thioether (sulfide) groups is 1. The summed E-state index contributed by atoms with van der Waals surface area (Å²) in [6.07, 6.45) is 8.03. The second-order valence-corrected chi connectivity index (χ2v) is 8.37. The van der Waals surface area contributed by atoms with Gasteiger partial charge in [-0.2, -0.15) is 0 Å². The Morgan fingerprint density at radius 2 is 1.94 bits per heavy atom. The Kier molecular flexibility index (Phi) is 7.29. The van der Waals surface area contributed by atoms with Gasteiger partial charge in [0.05, 0.1) is 12.2 Å². The lowest BCUT2D eigenvalue weighted by Gasteiger charge is -2.23. The van der Waals surface area contributed by atoms with Gasteiger partial charge in [-0.05, 0) is 49.9 Å². The third-order valence-corrected chi connectivity index (χ3v) is 6.19. The van der Waals surface area contributed by atoms with Crippen LogP contribution in [0, 0.1) is 0 Å². The first-order valence-electron chi connectivity index (χ1n) is 11.0. The second kappa shape index (κ2) is 10.5. The first kappa shape index (κ1) is 22.8. The van der Waals surface area contributed by atoms with Crippen molar-refractivity contribution in [2.75, 3.05) is 43.9 Å². The highest BCUT2D eigenvalue weighted by atomic mass is 32.2. The van der Waals surface area contributed by atoms with Gasteiger partial charge in [0.15, 0.2) is 5.16 Å². The van der Waals surface area contributed by atoms with Crippen molar-refractivity contribution in [1.82, 2.24) is 19.4 Å². The number of pyridine rings is 1. The maximum absolute atomic E-state index is 13.3. The molecule has 3 aromatic rings. The van der Waals surface area contributed by atoms with Crippen LogP contribution in [0.5, 0.6) is 0 Å². The number of rotatable bonds is 6. The summed E-state index contributed by atoms with van der Waals surface area (Å²) in [5.74, 6) is 0.450. The van der Waals surface area contributed by atoms with Crippen molar-refractivity contribution < 1.29 is 14.3 Å². The van der Waals surface area contributed by atoms with Gasteiger partial charge in [-0.3, -0.25) is 9.36 Å². The van der Waals surface area contributed by atoms with E-state index in [1.54, 1.807) is 37.1 Å². The lowest BCUT2D eigenvalue weighted by Crippen LogP contribution is -2.35. The zero-order valence-corrected chi connectivity index (χ0v) is 19.6. The molecule has 1 aliphatic rings. The largest absolute Gasteiger partial charge is 0.462 e. The molecule has 4 rings (SSSR count). The van der Waals surface area contributed by atoms with Crippen molar-refractivity contribution in [2.45, 2.75) is 18.5 Å². The molecule has 0 radical (unpaired) electrons. The summed E-state index contributed by atoms with van der Waals surface area (Å²) < 4.78 is 7.00. The van der Waals surface area contributed by atoms with Crippen LogP contribution in [-0.4, -0.2) is 70.4 Å². The van der Waals surface area contributed by atoms with Crippen LogP contribution in [0.4, 0.5) is 5.82 Å². The molecule has 0 unspecified atom stereocenters. The van der Waals surface area contributed by atoms with Gasteiger partial charge in [0.2, 0.25) is 0 Å². The monoisotopic (exact) mass is 465 g/mol. The molecule has 8 nitrogen and oxygen atoms in total. The molecular formula is C24H27N5O3S. The molecule has 1 amide bonds. The highest BCUT2D eigenvalue weighted by molar-refractivity contribution is 7.98. The van der Waals surface area contributed by atoms with Gasteiger partial charge in [-0.25, -0.2) is 14.8 Å². The minimum absolute atomic E-state index is 0.0233. The van der Waals surface area contributed by atoms with E-state index in [9.17, 15) is 9.59 Å². The number of imidazole rings is 1. The fourth-order valence-corrected chi connectivity index (χ4v) is 4.40. The van der Waals surface area contributed by atoms with Gasteiger partial charge < -0.3 is 14.5 Å². The van der Waals surface area contributed by atoms with E-state index in [1.807, 2.05) is 52.3 Å². The van der Waals surface area contributed by atoms with E-state index in [1.165, 1.54) is 0 Å². The highest BCUT2D eigenvalue weighted by Gasteiger charge is 2.22. The lowest BCUT2D eigenvalue weighted by molar-refractivity contribution is 0.0525. The zero-order chi connectivity index (χ0) is 23.2. The van der Waals surface area contributed by atoms with Crippen LogP contribution in [0.2, 0.25) is 0 Å². The molecule has 1 saturated heterocycles. The number of esters is 1. The first-order valence-corrected chi connectivity index (χ1v) is 12.2. The molecule has 0 aliphatic carbocycles. The molecule has 172 valence electrons. The van der Waals surface area contributed by atoms with E-state index in [0.717, 1.165) is 29.6 Å². The smallest absolute Gasteiger partial charge is 0.339 e. The molecule has 0 saturated carbocycles. The summed E-state index contributed by atoms with van der Waals surface area (Å²) in [7, 11) is 0. The summed E-state index contributed by atoms with van der Waals surface area (Å²) in [5.41, 5.74) is 2.03. The predicted octanol–water partition coefficient (Wildman–Crippen LogP) is 3.52. The number of hydrogen-bond acceptors (Lipinski definition) is 7. The quantitative estimate of drug-likeness (QED) is 0.407. The average molecular weight is 466 g/mol. The van der Waals surface area contributed by atoms with E-state index >= 15 is 0 Å². The Morgan fingerprint density at radius 3 is 2.70 bits per heavy atom. The van der Waals surface area contributed by atoms with Crippen molar-refractivity contribution in [3.8, 4) is 5.69 Å². The summed E-state index contributed by atoms with van der Waals surface area (Å²) in [4.78, 5) is 37.9. The first-order chi connectivity index (χ1) is 16.1. The number of aromatic nitrogens is 3. The molecular weight excluding hydrogens is 438 g/mol. The van der Waals surface area contributed by atoms with Crippen LogP contribution in [-0.2, 0) is 4.74 Å². The lowest BCUT2D eigenvalue weighted by atomic mass is 10.1. The number of hydrogen-bond donors (Lipinski definition) is 0. The van der Waals surface area contributed by atoms with Gasteiger partial charge in [0.25, 0.3) is 5.91 Å². The van der Waals surface area contributed by atoms with Crippen molar-refractivity contribution in [1.29, 1.82) is 0 Å². The Bertz CT molecular complexity index is 1120. The molecule has 0 atom stereocenters. The van der Waals surface area contributed by atoms with E-state index in [-0.39, 0.29) is 11.9 Å². The van der Waals surface area contributed by atoms with Crippen molar-refractivity contribution in [2.24, 2.45) is 0 Å². The van der Waals surface area contributed by atoms with Crippen molar-refractivity contribution in [3.63, 3.8) is 0 Å². The Labute approximate surface area is 197 Å². The third kappa shape index (κ3) is 5.19. The standard InChI is InChI=1S/C24H27N5O3S/c1-3-32-23(31)19-8-9-21(26-17-19)27-11-5-12-28(15-14-27)22(30)18-6-4-7-20(16-18)29-13-10-25-24(29)33-2/h4,6-10,13,16-17H,3,5,11-12,14-15H2,1-2H3. The van der Waals surface area contributed by atoms with Crippen molar-refractivity contribution >= 4 is 29.5 Å². The number of anilines is 1. The molecule has 2 aromatic heterocycles. The van der Waals surface area contributed by atoms with E-state index in [2.05, 4.69) is 14.9 Å². The minimum atomic E-state index is -0.369. The summed E-state index contributed by atoms with van der Waals surface area (Å²) in [6.45, 7) is 4.87. The average Bonchev–Trinajstić information content (AvgIpc) is 3.20. The predicted molar refractivity (Wildman–Crippen MR) is 128 cm³/mol. The molecule has 1 aliphatic heterocycles. The number of nitrogens with zero attached hydrogens (tertiary/aromatic N) is 5. The molecule has 0 bridgehead atoms. The second-order valence-electron chi connectivity index (χ2n) is 7.59. The molecule has 33 heavy (non-hydrogen) atoms.